The number of carbonyl (C=O) groups excluding carboxylic acids is 2. The van der Waals surface area contributed by atoms with E-state index in [4.69, 9.17) is 0 Å². The quantitative estimate of drug-likeness (QED) is 0.901. The highest BCUT2D eigenvalue weighted by Gasteiger charge is 2.38. The minimum absolute atomic E-state index is 0.00859. The average molecular weight is 344 g/mol. The lowest BCUT2D eigenvalue weighted by molar-refractivity contribution is -0.146. The number of hydrogen-bond acceptors (Lipinski definition) is 3. The Labute approximate surface area is 147 Å². The summed E-state index contributed by atoms with van der Waals surface area (Å²) in [4.78, 5) is 39.5. The maximum Gasteiger partial charge on any atom is 0.308 e. The number of aryl methyl sites for hydroxylation is 1. The normalized spacial score (nSPS) is 23.8. The van der Waals surface area contributed by atoms with Gasteiger partial charge in [0.2, 0.25) is 11.8 Å². The SMILES string of the molecule is Cc1ccc(CN2CC(C(=O)N3CCCC(C(=O)O)C3)CC2=O)cc1. The number of aliphatic carboxylic acids is 1. The van der Waals surface area contributed by atoms with Crippen LogP contribution in [0.2, 0.25) is 0 Å². The molecule has 0 bridgehead atoms. The number of nitrogens with zero attached hydrogens (tertiary/aromatic N) is 2. The smallest absolute Gasteiger partial charge is 0.308 e. The Morgan fingerprint density at radius 3 is 2.56 bits per heavy atom. The molecule has 2 fully saturated rings. The molecule has 3 rings (SSSR count). The molecule has 2 amide bonds. The number of rotatable bonds is 4. The van der Waals surface area contributed by atoms with E-state index < -0.39 is 11.9 Å². The zero-order valence-corrected chi connectivity index (χ0v) is 14.5. The molecule has 6 heteroatoms. The van der Waals surface area contributed by atoms with Crippen molar-refractivity contribution in [3.63, 3.8) is 0 Å². The molecule has 1 N–H and O–H groups in total. The van der Waals surface area contributed by atoms with E-state index in [1.165, 1.54) is 5.56 Å². The summed E-state index contributed by atoms with van der Waals surface area (Å²) in [6.07, 6.45) is 1.54. The molecule has 0 radical (unpaired) electrons. The van der Waals surface area contributed by atoms with Gasteiger partial charge in [-0.2, -0.15) is 0 Å². The molecular weight excluding hydrogens is 320 g/mol. The van der Waals surface area contributed by atoms with Crippen LogP contribution in [-0.4, -0.2) is 52.3 Å². The molecule has 2 heterocycles. The van der Waals surface area contributed by atoms with E-state index in [9.17, 15) is 19.5 Å². The van der Waals surface area contributed by atoms with Gasteiger partial charge in [-0.25, -0.2) is 0 Å². The van der Waals surface area contributed by atoms with Gasteiger partial charge in [0, 0.05) is 32.6 Å². The van der Waals surface area contributed by atoms with Crippen LogP contribution in [0.25, 0.3) is 0 Å². The lowest BCUT2D eigenvalue weighted by atomic mass is 9.96. The molecule has 134 valence electrons. The van der Waals surface area contributed by atoms with Crippen LogP contribution in [0.5, 0.6) is 0 Å². The Morgan fingerprint density at radius 1 is 1.16 bits per heavy atom. The van der Waals surface area contributed by atoms with E-state index in [1.54, 1.807) is 9.80 Å². The predicted molar refractivity (Wildman–Crippen MR) is 91.6 cm³/mol. The van der Waals surface area contributed by atoms with Gasteiger partial charge in [-0.1, -0.05) is 29.8 Å². The van der Waals surface area contributed by atoms with Crippen LogP contribution in [0.15, 0.2) is 24.3 Å². The maximum absolute atomic E-state index is 12.7. The molecule has 2 aliphatic heterocycles. The third kappa shape index (κ3) is 4.00. The van der Waals surface area contributed by atoms with Gasteiger partial charge in [-0.3, -0.25) is 14.4 Å². The number of amides is 2. The molecule has 0 aliphatic carbocycles. The molecule has 25 heavy (non-hydrogen) atoms. The average Bonchev–Trinajstić information content (AvgIpc) is 2.97. The highest BCUT2D eigenvalue weighted by Crippen LogP contribution is 2.25. The van der Waals surface area contributed by atoms with Crippen LogP contribution in [0, 0.1) is 18.8 Å². The standard InChI is InChI=1S/C19H24N2O4/c1-13-4-6-14(7-5-13)10-21-12-16(9-17(21)22)18(23)20-8-2-3-15(11-20)19(24)25/h4-7,15-16H,2-3,8-12H2,1H3,(H,24,25). The first-order valence-electron chi connectivity index (χ1n) is 8.79. The minimum atomic E-state index is -0.846. The van der Waals surface area contributed by atoms with Crippen molar-refractivity contribution in [2.75, 3.05) is 19.6 Å². The lowest BCUT2D eigenvalue weighted by Crippen LogP contribution is -2.45. The van der Waals surface area contributed by atoms with Crippen LogP contribution in [-0.2, 0) is 20.9 Å². The third-order valence-electron chi connectivity index (χ3n) is 5.14. The van der Waals surface area contributed by atoms with E-state index in [-0.39, 0.29) is 30.7 Å². The van der Waals surface area contributed by atoms with Crippen molar-refractivity contribution in [3.8, 4) is 0 Å². The highest BCUT2D eigenvalue weighted by molar-refractivity contribution is 5.89. The summed E-state index contributed by atoms with van der Waals surface area (Å²) in [5.74, 6) is -1.78. The second-order valence-electron chi connectivity index (χ2n) is 7.12. The number of likely N-dealkylation sites (tertiary alicyclic amines) is 2. The largest absolute Gasteiger partial charge is 0.481 e. The maximum atomic E-state index is 12.7. The predicted octanol–water partition coefficient (Wildman–Crippen LogP) is 1.67. The van der Waals surface area contributed by atoms with Crippen molar-refractivity contribution < 1.29 is 19.5 Å². The Morgan fingerprint density at radius 2 is 1.88 bits per heavy atom. The molecule has 2 atom stereocenters. The summed E-state index contributed by atoms with van der Waals surface area (Å²) in [6, 6.07) is 8.02. The van der Waals surface area contributed by atoms with Crippen molar-refractivity contribution in [2.45, 2.75) is 32.7 Å². The van der Waals surface area contributed by atoms with Gasteiger partial charge in [0.25, 0.3) is 0 Å². The van der Waals surface area contributed by atoms with Gasteiger partial charge >= 0.3 is 5.97 Å². The number of carboxylic acid groups (broad SMARTS) is 1. The van der Waals surface area contributed by atoms with E-state index >= 15 is 0 Å². The van der Waals surface area contributed by atoms with Crippen molar-refractivity contribution in [1.29, 1.82) is 0 Å². The highest BCUT2D eigenvalue weighted by atomic mass is 16.4. The fourth-order valence-electron chi connectivity index (χ4n) is 3.64. The summed E-state index contributed by atoms with van der Waals surface area (Å²) in [5, 5.41) is 9.17. The van der Waals surface area contributed by atoms with Crippen LogP contribution < -0.4 is 0 Å². The Hall–Kier alpha value is -2.37. The van der Waals surface area contributed by atoms with E-state index in [2.05, 4.69) is 0 Å². The first-order chi connectivity index (χ1) is 11.9. The van der Waals surface area contributed by atoms with Crippen LogP contribution >= 0.6 is 0 Å². The van der Waals surface area contributed by atoms with Crippen molar-refractivity contribution in [1.82, 2.24) is 9.80 Å². The fraction of sp³-hybridized carbons (Fsp3) is 0.526. The molecule has 0 spiro atoms. The molecule has 6 nitrogen and oxygen atoms in total. The van der Waals surface area contributed by atoms with Gasteiger partial charge in [0.05, 0.1) is 11.8 Å². The number of carboxylic acids is 1. The molecule has 0 aromatic heterocycles. The summed E-state index contributed by atoms with van der Waals surface area (Å²) in [7, 11) is 0. The number of piperidine rings is 1. The van der Waals surface area contributed by atoms with Crippen molar-refractivity contribution in [3.05, 3.63) is 35.4 Å². The summed E-state index contributed by atoms with van der Waals surface area (Å²) in [5.41, 5.74) is 2.22. The topological polar surface area (TPSA) is 77.9 Å². The third-order valence-corrected chi connectivity index (χ3v) is 5.14. The van der Waals surface area contributed by atoms with Crippen LogP contribution in [0.4, 0.5) is 0 Å². The Kier molecular flexibility index (Phi) is 5.06. The van der Waals surface area contributed by atoms with Crippen LogP contribution in [0.1, 0.15) is 30.4 Å². The van der Waals surface area contributed by atoms with Gasteiger partial charge in [0.15, 0.2) is 0 Å². The monoisotopic (exact) mass is 344 g/mol. The Bertz CT molecular complexity index is 671. The second-order valence-corrected chi connectivity index (χ2v) is 7.12. The zero-order chi connectivity index (χ0) is 18.0. The van der Waals surface area contributed by atoms with Crippen molar-refractivity contribution in [2.24, 2.45) is 11.8 Å². The fourth-order valence-corrected chi connectivity index (χ4v) is 3.64. The molecule has 0 saturated carbocycles. The molecular formula is C19H24N2O4. The molecule has 1 aromatic rings. The van der Waals surface area contributed by atoms with Gasteiger partial charge in [-0.15, -0.1) is 0 Å². The number of hydrogen-bond donors (Lipinski definition) is 1. The zero-order valence-electron chi connectivity index (χ0n) is 14.5. The Balaban J connectivity index is 1.60. The summed E-state index contributed by atoms with van der Waals surface area (Å²) < 4.78 is 0. The van der Waals surface area contributed by atoms with E-state index in [0.717, 1.165) is 5.56 Å². The first-order valence-corrected chi connectivity index (χ1v) is 8.79. The number of carbonyl (C=O) groups is 3. The van der Waals surface area contributed by atoms with Crippen LogP contribution in [0.3, 0.4) is 0 Å². The first kappa shape index (κ1) is 17.5. The lowest BCUT2D eigenvalue weighted by Gasteiger charge is -2.32. The second kappa shape index (κ2) is 7.25. The van der Waals surface area contributed by atoms with Gasteiger partial charge < -0.3 is 14.9 Å². The molecule has 2 aliphatic rings. The van der Waals surface area contributed by atoms with E-state index in [0.29, 0.717) is 32.5 Å². The molecule has 1 aromatic carbocycles. The van der Waals surface area contributed by atoms with Gasteiger partial charge in [0.1, 0.15) is 0 Å². The van der Waals surface area contributed by atoms with E-state index in [1.807, 2.05) is 31.2 Å². The summed E-state index contributed by atoms with van der Waals surface area (Å²) >= 11 is 0. The minimum Gasteiger partial charge on any atom is -0.481 e. The number of benzene rings is 1. The van der Waals surface area contributed by atoms with Gasteiger partial charge in [-0.05, 0) is 25.3 Å². The molecule has 2 saturated heterocycles. The molecule has 2 unspecified atom stereocenters. The summed E-state index contributed by atoms with van der Waals surface area (Å²) in [6.45, 7) is 3.80. The van der Waals surface area contributed by atoms with Crippen molar-refractivity contribution >= 4 is 17.8 Å².